The number of aryl methyl sites for hydroxylation is 1. The van der Waals surface area contributed by atoms with Crippen molar-refractivity contribution in [3.8, 4) is 0 Å². The van der Waals surface area contributed by atoms with Crippen molar-refractivity contribution in [2.24, 2.45) is 0 Å². The maximum Gasteiger partial charge on any atom is 0.259 e. The monoisotopic (exact) mass is 280 g/mol. The van der Waals surface area contributed by atoms with Crippen LogP contribution in [0.15, 0.2) is 17.1 Å². The molecule has 4 nitrogen and oxygen atoms in total. The second-order valence-electron chi connectivity index (χ2n) is 5.56. The van der Waals surface area contributed by atoms with Gasteiger partial charge in [0.1, 0.15) is 5.56 Å². The smallest absolute Gasteiger partial charge is 0.259 e. The minimum absolute atomic E-state index is 0.141. The molecule has 0 aromatic carbocycles. The van der Waals surface area contributed by atoms with Gasteiger partial charge >= 0.3 is 0 Å². The largest absolute Gasteiger partial charge is 0.364 e. The summed E-state index contributed by atoms with van der Waals surface area (Å²) >= 11 is 6.21. The van der Waals surface area contributed by atoms with E-state index in [4.69, 9.17) is 11.6 Å². The Labute approximate surface area is 116 Å². The van der Waals surface area contributed by atoms with Crippen LogP contribution in [0.3, 0.4) is 0 Å². The number of alkyl halides is 1. The first-order chi connectivity index (χ1) is 9.06. The summed E-state index contributed by atoms with van der Waals surface area (Å²) < 4.78 is 0. The molecule has 2 atom stereocenters. The Balaban J connectivity index is 1.91. The third-order valence-electron chi connectivity index (χ3n) is 4.20. The summed E-state index contributed by atoms with van der Waals surface area (Å²) in [6.07, 6.45) is 5.22. The number of amides is 1. The number of carbonyl (C=O) groups is 1. The zero-order valence-corrected chi connectivity index (χ0v) is 11.6. The van der Waals surface area contributed by atoms with Crippen LogP contribution >= 0.6 is 11.6 Å². The van der Waals surface area contributed by atoms with Crippen LogP contribution in [0, 0.1) is 6.92 Å². The number of aromatic nitrogens is 1. The molecule has 1 aromatic heterocycles. The molecule has 2 aliphatic rings. The van der Waals surface area contributed by atoms with E-state index in [1.165, 1.54) is 12.3 Å². The van der Waals surface area contributed by atoms with Crippen molar-refractivity contribution < 1.29 is 4.79 Å². The van der Waals surface area contributed by atoms with Crippen LogP contribution in [0.5, 0.6) is 0 Å². The first-order valence-corrected chi connectivity index (χ1v) is 7.16. The lowest BCUT2D eigenvalue weighted by molar-refractivity contribution is 0.0598. The van der Waals surface area contributed by atoms with Crippen LogP contribution in [0.1, 0.15) is 41.7 Å². The number of piperidine rings is 1. The Hall–Kier alpha value is -1.29. The molecule has 1 N–H and O–H groups in total. The Morgan fingerprint density at radius 2 is 2.00 bits per heavy atom. The van der Waals surface area contributed by atoms with Crippen LogP contribution in [-0.4, -0.2) is 33.3 Å². The fourth-order valence-corrected chi connectivity index (χ4v) is 3.73. The third-order valence-corrected chi connectivity index (χ3v) is 4.55. The van der Waals surface area contributed by atoms with E-state index >= 15 is 0 Å². The van der Waals surface area contributed by atoms with E-state index in [9.17, 15) is 9.59 Å². The van der Waals surface area contributed by atoms with Crippen molar-refractivity contribution in [3.05, 3.63) is 33.7 Å². The van der Waals surface area contributed by atoms with Gasteiger partial charge in [0, 0.05) is 35.4 Å². The Bertz CT molecular complexity index is 555. The van der Waals surface area contributed by atoms with Gasteiger partial charge in [-0.3, -0.25) is 9.59 Å². The van der Waals surface area contributed by atoms with Gasteiger partial charge in [0.25, 0.3) is 5.91 Å². The summed E-state index contributed by atoms with van der Waals surface area (Å²) in [6.45, 7) is 1.80. The first-order valence-electron chi connectivity index (χ1n) is 6.72. The fraction of sp³-hybridized carbons (Fsp3) is 0.571. The van der Waals surface area contributed by atoms with Gasteiger partial charge in [-0.15, -0.1) is 11.6 Å². The molecule has 3 rings (SSSR count). The number of halogens is 1. The molecule has 1 amide bonds. The minimum atomic E-state index is -0.200. The quantitative estimate of drug-likeness (QED) is 0.801. The molecule has 5 heteroatoms. The van der Waals surface area contributed by atoms with Crippen LogP contribution in [-0.2, 0) is 0 Å². The van der Waals surface area contributed by atoms with E-state index in [0.717, 1.165) is 31.4 Å². The first kappa shape index (κ1) is 12.7. The maximum absolute atomic E-state index is 12.6. The zero-order chi connectivity index (χ0) is 13.6. The minimum Gasteiger partial charge on any atom is -0.364 e. The van der Waals surface area contributed by atoms with Crippen LogP contribution in [0.4, 0.5) is 0 Å². The molecular weight excluding hydrogens is 264 g/mol. The van der Waals surface area contributed by atoms with Crippen molar-refractivity contribution in [2.75, 3.05) is 0 Å². The summed E-state index contributed by atoms with van der Waals surface area (Å²) in [5.74, 6) is -0.141. The normalized spacial score (nSPS) is 29.6. The van der Waals surface area contributed by atoms with Crippen LogP contribution in [0.2, 0.25) is 0 Å². The SMILES string of the molecule is Cc1cc(=O)c(C(=O)N2C3CCC2CC(Cl)C3)c[nH]1. The standard InChI is InChI=1S/C14H17ClN2O2/c1-8-4-13(18)12(7-16-8)14(19)17-10-2-3-11(17)6-9(15)5-10/h4,7,9-11H,2-3,5-6H2,1H3,(H,16,18). The molecule has 0 saturated carbocycles. The Kier molecular flexibility index (Phi) is 3.13. The maximum atomic E-state index is 12.6. The predicted molar refractivity (Wildman–Crippen MR) is 73.7 cm³/mol. The van der Waals surface area contributed by atoms with Gasteiger partial charge in [-0.25, -0.2) is 0 Å². The van der Waals surface area contributed by atoms with Crippen molar-refractivity contribution in [1.82, 2.24) is 9.88 Å². The van der Waals surface area contributed by atoms with Gasteiger partial charge in [-0.2, -0.15) is 0 Å². The third kappa shape index (κ3) is 2.18. The molecule has 2 saturated heterocycles. The molecule has 102 valence electrons. The van der Waals surface area contributed by atoms with E-state index in [0.29, 0.717) is 0 Å². The molecule has 0 radical (unpaired) electrons. The number of carbonyl (C=O) groups excluding carboxylic acids is 1. The molecule has 0 aliphatic carbocycles. The molecule has 2 fully saturated rings. The summed E-state index contributed by atoms with van der Waals surface area (Å²) in [4.78, 5) is 29.3. The van der Waals surface area contributed by atoms with Gasteiger partial charge in [0.2, 0.25) is 0 Å². The summed E-state index contributed by atoms with van der Waals surface area (Å²) in [5, 5.41) is 0.165. The second-order valence-corrected chi connectivity index (χ2v) is 6.18. The van der Waals surface area contributed by atoms with E-state index in [1.54, 1.807) is 6.92 Å². The van der Waals surface area contributed by atoms with Crippen LogP contribution in [0.25, 0.3) is 0 Å². The molecule has 2 bridgehead atoms. The number of nitrogens with zero attached hydrogens (tertiary/aromatic N) is 1. The predicted octanol–water partition coefficient (Wildman–Crippen LogP) is 2.06. The highest BCUT2D eigenvalue weighted by molar-refractivity contribution is 6.20. The Morgan fingerprint density at radius 3 is 2.58 bits per heavy atom. The summed E-state index contributed by atoms with van der Waals surface area (Å²) in [5.41, 5.74) is 0.813. The second kappa shape index (κ2) is 4.67. The number of aromatic amines is 1. The number of hydrogen-bond acceptors (Lipinski definition) is 2. The molecule has 1 aromatic rings. The fourth-order valence-electron chi connectivity index (χ4n) is 3.32. The molecule has 2 unspecified atom stereocenters. The molecule has 19 heavy (non-hydrogen) atoms. The van der Waals surface area contributed by atoms with Crippen molar-refractivity contribution >= 4 is 17.5 Å². The number of fused-ring (bicyclic) bond motifs is 2. The van der Waals surface area contributed by atoms with E-state index in [1.807, 2.05) is 4.90 Å². The number of hydrogen-bond donors (Lipinski definition) is 1. The number of H-pyrrole nitrogens is 1. The number of pyridine rings is 1. The number of rotatable bonds is 1. The topological polar surface area (TPSA) is 53.2 Å². The number of nitrogens with one attached hydrogen (secondary N) is 1. The van der Waals surface area contributed by atoms with Gasteiger partial charge in [0.15, 0.2) is 5.43 Å². The van der Waals surface area contributed by atoms with Crippen molar-refractivity contribution in [3.63, 3.8) is 0 Å². The highest BCUT2D eigenvalue weighted by Gasteiger charge is 2.43. The highest BCUT2D eigenvalue weighted by atomic mass is 35.5. The van der Waals surface area contributed by atoms with Gasteiger partial charge in [-0.05, 0) is 32.6 Å². The van der Waals surface area contributed by atoms with Gasteiger partial charge < -0.3 is 9.88 Å². The van der Waals surface area contributed by atoms with Gasteiger partial charge in [-0.1, -0.05) is 0 Å². The van der Waals surface area contributed by atoms with E-state index in [2.05, 4.69) is 4.98 Å². The lowest BCUT2D eigenvalue weighted by Crippen LogP contribution is -2.48. The molecule has 0 spiro atoms. The highest BCUT2D eigenvalue weighted by Crippen LogP contribution is 2.38. The van der Waals surface area contributed by atoms with Crippen molar-refractivity contribution in [2.45, 2.75) is 50.1 Å². The summed E-state index contributed by atoms with van der Waals surface area (Å²) in [6, 6.07) is 1.88. The average Bonchev–Trinajstić information content (AvgIpc) is 2.61. The molecule has 3 heterocycles. The van der Waals surface area contributed by atoms with Gasteiger partial charge in [0.05, 0.1) is 0 Å². The van der Waals surface area contributed by atoms with Crippen LogP contribution < -0.4 is 5.43 Å². The zero-order valence-electron chi connectivity index (χ0n) is 10.9. The average molecular weight is 281 g/mol. The Morgan fingerprint density at radius 1 is 1.37 bits per heavy atom. The molecular formula is C14H17ClN2O2. The summed E-state index contributed by atoms with van der Waals surface area (Å²) in [7, 11) is 0. The van der Waals surface area contributed by atoms with E-state index in [-0.39, 0.29) is 34.4 Å². The van der Waals surface area contributed by atoms with Crippen molar-refractivity contribution in [1.29, 1.82) is 0 Å². The molecule has 2 aliphatic heterocycles. The van der Waals surface area contributed by atoms with E-state index < -0.39 is 0 Å². The lowest BCUT2D eigenvalue weighted by Gasteiger charge is -2.36. The lowest BCUT2D eigenvalue weighted by atomic mass is 10.0.